The molecule has 1 amide bonds. The number of amides is 1. The quantitative estimate of drug-likeness (QED) is 0.897. The number of nitrogens with two attached hydrogens (primary N) is 1. The van der Waals surface area contributed by atoms with Crippen molar-refractivity contribution in [2.24, 2.45) is 11.7 Å². The molecule has 1 saturated heterocycles. The van der Waals surface area contributed by atoms with Gasteiger partial charge < -0.3 is 10.6 Å². The summed E-state index contributed by atoms with van der Waals surface area (Å²) < 4.78 is 0. The summed E-state index contributed by atoms with van der Waals surface area (Å²) in [7, 11) is 0. The van der Waals surface area contributed by atoms with Crippen molar-refractivity contribution in [3.8, 4) is 0 Å². The first-order chi connectivity index (χ1) is 10.7. The number of hydrogen-bond acceptors (Lipinski definition) is 6. The van der Waals surface area contributed by atoms with E-state index in [1.54, 1.807) is 18.6 Å². The molecular weight excluding hydrogens is 280 g/mol. The number of primary amides is 1. The number of carbonyl (C=O) groups excluding carboxylic acids is 1. The Morgan fingerprint density at radius 2 is 2.23 bits per heavy atom. The SMILES string of the molecule is NC(=O)c1cc(CC2CCCN(c3ccncn3)C2)ncn1. The molecule has 114 valence electrons. The van der Waals surface area contributed by atoms with Gasteiger partial charge in [-0.1, -0.05) is 0 Å². The summed E-state index contributed by atoms with van der Waals surface area (Å²) >= 11 is 0. The van der Waals surface area contributed by atoms with Crippen LogP contribution >= 0.6 is 0 Å². The van der Waals surface area contributed by atoms with Crippen LogP contribution in [0.3, 0.4) is 0 Å². The average Bonchev–Trinajstić information content (AvgIpc) is 2.56. The molecule has 0 radical (unpaired) electrons. The summed E-state index contributed by atoms with van der Waals surface area (Å²) in [6.07, 6.45) is 7.79. The average molecular weight is 298 g/mol. The van der Waals surface area contributed by atoms with Gasteiger partial charge in [-0.25, -0.2) is 19.9 Å². The van der Waals surface area contributed by atoms with Crippen molar-refractivity contribution in [2.75, 3.05) is 18.0 Å². The van der Waals surface area contributed by atoms with E-state index in [1.807, 2.05) is 6.07 Å². The van der Waals surface area contributed by atoms with E-state index in [9.17, 15) is 4.79 Å². The van der Waals surface area contributed by atoms with Crippen molar-refractivity contribution < 1.29 is 4.79 Å². The predicted octanol–water partition coefficient (Wildman–Crippen LogP) is 0.825. The summed E-state index contributed by atoms with van der Waals surface area (Å²) in [5, 5.41) is 0. The van der Waals surface area contributed by atoms with Gasteiger partial charge in [0.15, 0.2) is 0 Å². The second-order valence-corrected chi connectivity index (χ2v) is 5.48. The molecule has 1 atom stereocenters. The zero-order valence-corrected chi connectivity index (χ0v) is 12.2. The van der Waals surface area contributed by atoms with E-state index >= 15 is 0 Å². The second kappa shape index (κ2) is 6.46. The molecule has 22 heavy (non-hydrogen) atoms. The van der Waals surface area contributed by atoms with Gasteiger partial charge >= 0.3 is 0 Å². The highest BCUT2D eigenvalue weighted by molar-refractivity contribution is 5.90. The maximum Gasteiger partial charge on any atom is 0.267 e. The van der Waals surface area contributed by atoms with Crippen LogP contribution in [0.4, 0.5) is 5.82 Å². The standard InChI is InChI=1S/C15H18N6O/c16-15(22)13-7-12(18-10-19-13)6-11-2-1-5-21(8-11)14-3-4-17-9-20-14/h3-4,7,9-11H,1-2,5-6,8H2,(H2,16,22). The fourth-order valence-electron chi connectivity index (χ4n) is 2.85. The lowest BCUT2D eigenvalue weighted by Gasteiger charge is -2.33. The fraction of sp³-hybridized carbons (Fsp3) is 0.400. The molecule has 2 N–H and O–H groups in total. The lowest BCUT2D eigenvalue weighted by Crippen LogP contribution is -2.36. The maximum absolute atomic E-state index is 11.2. The number of carbonyl (C=O) groups is 1. The van der Waals surface area contributed by atoms with E-state index in [-0.39, 0.29) is 5.69 Å². The van der Waals surface area contributed by atoms with Crippen LogP contribution in [0.2, 0.25) is 0 Å². The third-order valence-corrected chi connectivity index (χ3v) is 3.88. The van der Waals surface area contributed by atoms with E-state index in [2.05, 4.69) is 24.8 Å². The molecule has 0 saturated carbocycles. The van der Waals surface area contributed by atoms with Crippen LogP contribution in [-0.4, -0.2) is 38.9 Å². The number of nitrogens with zero attached hydrogens (tertiary/aromatic N) is 5. The Balaban J connectivity index is 1.68. The second-order valence-electron chi connectivity index (χ2n) is 5.48. The van der Waals surface area contributed by atoms with E-state index < -0.39 is 5.91 Å². The molecular formula is C15H18N6O. The monoisotopic (exact) mass is 298 g/mol. The maximum atomic E-state index is 11.2. The van der Waals surface area contributed by atoms with Crippen molar-refractivity contribution in [3.63, 3.8) is 0 Å². The largest absolute Gasteiger partial charge is 0.364 e. The number of anilines is 1. The molecule has 7 nitrogen and oxygen atoms in total. The van der Waals surface area contributed by atoms with Crippen molar-refractivity contribution in [3.05, 3.63) is 42.4 Å². The highest BCUT2D eigenvalue weighted by Gasteiger charge is 2.21. The van der Waals surface area contributed by atoms with Crippen LogP contribution < -0.4 is 10.6 Å². The predicted molar refractivity (Wildman–Crippen MR) is 81.2 cm³/mol. The van der Waals surface area contributed by atoms with Gasteiger partial charge in [-0.3, -0.25) is 4.79 Å². The van der Waals surface area contributed by atoms with Gasteiger partial charge in [-0.05, 0) is 37.3 Å². The van der Waals surface area contributed by atoms with Crippen molar-refractivity contribution in [2.45, 2.75) is 19.3 Å². The van der Waals surface area contributed by atoms with Crippen molar-refractivity contribution in [1.82, 2.24) is 19.9 Å². The molecule has 2 aromatic heterocycles. The minimum atomic E-state index is -0.519. The van der Waals surface area contributed by atoms with E-state index in [1.165, 1.54) is 6.33 Å². The summed E-state index contributed by atoms with van der Waals surface area (Å²) in [5.74, 6) is 0.912. The first kappa shape index (κ1) is 14.4. The smallest absolute Gasteiger partial charge is 0.267 e. The summed E-state index contributed by atoms with van der Waals surface area (Å²) in [6, 6.07) is 3.62. The molecule has 0 bridgehead atoms. The van der Waals surface area contributed by atoms with Gasteiger partial charge in [0, 0.05) is 25.0 Å². The van der Waals surface area contributed by atoms with Gasteiger partial charge in [0.05, 0.1) is 0 Å². The van der Waals surface area contributed by atoms with Crippen LogP contribution in [0.5, 0.6) is 0 Å². The van der Waals surface area contributed by atoms with Crippen LogP contribution in [0.1, 0.15) is 29.0 Å². The topological polar surface area (TPSA) is 97.9 Å². The Bertz CT molecular complexity index is 647. The van der Waals surface area contributed by atoms with Crippen LogP contribution in [-0.2, 0) is 6.42 Å². The molecule has 3 heterocycles. The van der Waals surface area contributed by atoms with Gasteiger partial charge in [0.25, 0.3) is 5.91 Å². The normalized spacial score (nSPS) is 18.2. The molecule has 1 aliphatic rings. The van der Waals surface area contributed by atoms with E-state index in [0.29, 0.717) is 5.92 Å². The van der Waals surface area contributed by atoms with E-state index in [4.69, 9.17) is 5.73 Å². The highest BCUT2D eigenvalue weighted by atomic mass is 16.1. The van der Waals surface area contributed by atoms with E-state index in [0.717, 1.165) is 43.9 Å². The highest BCUT2D eigenvalue weighted by Crippen LogP contribution is 2.23. The van der Waals surface area contributed by atoms with Gasteiger partial charge in [-0.2, -0.15) is 0 Å². The van der Waals surface area contributed by atoms with Crippen molar-refractivity contribution >= 4 is 11.7 Å². The molecule has 7 heteroatoms. The molecule has 3 rings (SSSR count). The zero-order valence-electron chi connectivity index (χ0n) is 12.2. The van der Waals surface area contributed by atoms with Gasteiger partial charge in [-0.15, -0.1) is 0 Å². The number of rotatable bonds is 4. The lowest BCUT2D eigenvalue weighted by atomic mass is 9.93. The minimum Gasteiger partial charge on any atom is -0.364 e. The number of hydrogen-bond donors (Lipinski definition) is 1. The Morgan fingerprint density at radius 1 is 1.32 bits per heavy atom. The molecule has 1 fully saturated rings. The lowest BCUT2D eigenvalue weighted by molar-refractivity contribution is 0.0995. The third-order valence-electron chi connectivity index (χ3n) is 3.88. The summed E-state index contributed by atoms with van der Waals surface area (Å²) in [5.41, 5.74) is 6.39. The Kier molecular flexibility index (Phi) is 4.22. The van der Waals surface area contributed by atoms with Crippen LogP contribution in [0.15, 0.2) is 31.0 Å². The zero-order chi connectivity index (χ0) is 15.4. The molecule has 1 unspecified atom stereocenters. The first-order valence-electron chi connectivity index (χ1n) is 7.34. The summed E-state index contributed by atoms with van der Waals surface area (Å²) in [6.45, 7) is 1.93. The Hall–Kier alpha value is -2.57. The van der Waals surface area contributed by atoms with Gasteiger partial charge in [0.2, 0.25) is 0 Å². The van der Waals surface area contributed by atoms with Crippen LogP contribution in [0.25, 0.3) is 0 Å². The minimum absolute atomic E-state index is 0.272. The third kappa shape index (κ3) is 3.36. The molecule has 0 spiro atoms. The first-order valence-corrected chi connectivity index (χ1v) is 7.34. The number of piperidine rings is 1. The molecule has 0 aromatic carbocycles. The van der Waals surface area contributed by atoms with Crippen molar-refractivity contribution in [1.29, 1.82) is 0 Å². The molecule has 0 aliphatic carbocycles. The fourth-order valence-corrected chi connectivity index (χ4v) is 2.85. The molecule has 1 aliphatic heterocycles. The van der Waals surface area contributed by atoms with Gasteiger partial charge in [0.1, 0.15) is 24.2 Å². The Morgan fingerprint density at radius 3 is 3.00 bits per heavy atom. The Labute approximate surface area is 128 Å². The number of aromatic nitrogens is 4. The molecule has 2 aromatic rings. The summed E-state index contributed by atoms with van der Waals surface area (Å²) in [4.78, 5) is 29.9. The van der Waals surface area contributed by atoms with Crippen LogP contribution in [0, 0.1) is 5.92 Å².